The minimum atomic E-state index is -0.309. The molecule has 2 heterocycles. The average Bonchev–Trinajstić information content (AvgIpc) is 3.15. The monoisotopic (exact) mass is 290 g/mol. The lowest BCUT2D eigenvalue weighted by Gasteiger charge is -2.13. The number of likely N-dealkylation sites (tertiary alicyclic amines) is 1. The van der Waals surface area contributed by atoms with E-state index in [0.717, 1.165) is 13.1 Å². The van der Waals surface area contributed by atoms with Gasteiger partial charge in [-0.25, -0.2) is 4.39 Å². The van der Waals surface area contributed by atoms with Gasteiger partial charge in [0.2, 0.25) is 11.8 Å². The average molecular weight is 290 g/mol. The van der Waals surface area contributed by atoms with E-state index in [-0.39, 0.29) is 5.82 Å². The Hall–Kier alpha value is -1.79. The number of halogens is 1. The van der Waals surface area contributed by atoms with Crippen LogP contribution in [0.2, 0.25) is 0 Å². The Morgan fingerprint density at radius 3 is 2.90 bits per heavy atom. The van der Waals surface area contributed by atoms with Gasteiger partial charge in [0, 0.05) is 18.7 Å². The molecule has 0 amide bonds. The first-order chi connectivity index (χ1) is 10.3. The van der Waals surface area contributed by atoms with Gasteiger partial charge >= 0.3 is 0 Å². The molecule has 0 radical (unpaired) electrons. The summed E-state index contributed by atoms with van der Waals surface area (Å²) in [6.45, 7) is 4.89. The van der Waals surface area contributed by atoms with Crippen LogP contribution in [-0.2, 0) is 6.54 Å². The maximum absolute atomic E-state index is 13.1. The molecule has 1 aromatic heterocycles. The van der Waals surface area contributed by atoms with Gasteiger partial charge in [-0.15, -0.1) is 10.2 Å². The molecule has 0 bridgehead atoms. The topological polar surface area (TPSA) is 54.2 Å². The molecular weight excluding hydrogens is 271 g/mol. The van der Waals surface area contributed by atoms with Gasteiger partial charge in [0.05, 0.1) is 6.54 Å². The van der Waals surface area contributed by atoms with Crippen molar-refractivity contribution in [3.63, 3.8) is 0 Å². The van der Waals surface area contributed by atoms with Crippen LogP contribution in [0.4, 0.5) is 4.39 Å². The van der Waals surface area contributed by atoms with Crippen molar-refractivity contribution >= 4 is 0 Å². The van der Waals surface area contributed by atoms with Crippen molar-refractivity contribution in [1.29, 1.82) is 0 Å². The fourth-order valence-corrected chi connectivity index (χ4v) is 2.50. The van der Waals surface area contributed by atoms with Crippen LogP contribution in [0.25, 0.3) is 11.5 Å². The van der Waals surface area contributed by atoms with E-state index in [0.29, 0.717) is 23.9 Å². The van der Waals surface area contributed by atoms with Crippen molar-refractivity contribution in [1.82, 2.24) is 20.4 Å². The van der Waals surface area contributed by atoms with Crippen molar-refractivity contribution in [3.05, 3.63) is 36.0 Å². The van der Waals surface area contributed by atoms with Crippen molar-refractivity contribution in [2.45, 2.75) is 19.4 Å². The molecule has 3 rings (SSSR count). The molecule has 1 fully saturated rings. The molecule has 1 N–H and O–H groups in total. The van der Waals surface area contributed by atoms with Gasteiger partial charge in [0.15, 0.2) is 0 Å². The van der Waals surface area contributed by atoms with E-state index in [9.17, 15) is 4.39 Å². The predicted octanol–water partition coefficient (Wildman–Crippen LogP) is 2.06. The quantitative estimate of drug-likeness (QED) is 0.825. The van der Waals surface area contributed by atoms with Crippen molar-refractivity contribution < 1.29 is 8.81 Å². The molecule has 0 spiro atoms. The van der Waals surface area contributed by atoms with Crippen molar-refractivity contribution in [2.75, 3.05) is 26.2 Å². The standard InChI is InChI=1S/C15H19FN4O/c16-13-5-3-4-12(10-13)15-19-18-14(21-15)11-17-6-9-20-7-1-2-8-20/h3-5,10,17H,1-2,6-9,11H2. The maximum atomic E-state index is 13.1. The minimum absolute atomic E-state index is 0.309. The summed E-state index contributed by atoms with van der Waals surface area (Å²) in [5.41, 5.74) is 0.603. The summed E-state index contributed by atoms with van der Waals surface area (Å²) in [5, 5.41) is 11.2. The van der Waals surface area contributed by atoms with E-state index < -0.39 is 0 Å². The summed E-state index contributed by atoms with van der Waals surface area (Å²) >= 11 is 0. The van der Waals surface area contributed by atoms with Gasteiger partial charge in [-0.3, -0.25) is 0 Å². The predicted molar refractivity (Wildman–Crippen MR) is 77.1 cm³/mol. The van der Waals surface area contributed by atoms with E-state index >= 15 is 0 Å². The zero-order valence-corrected chi connectivity index (χ0v) is 11.9. The third-order valence-corrected chi connectivity index (χ3v) is 3.62. The normalized spacial score (nSPS) is 15.7. The second kappa shape index (κ2) is 6.78. The Kier molecular flexibility index (Phi) is 4.57. The number of hydrogen-bond donors (Lipinski definition) is 1. The Morgan fingerprint density at radius 2 is 2.10 bits per heavy atom. The van der Waals surface area contributed by atoms with Gasteiger partial charge in [0.1, 0.15) is 5.82 Å². The van der Waals surface area contributed by atoms with E-state index in [1.807, 2.05) is 0 Å². The summed E-state index contributed by atoms with van der Waals surface area (Å²) in [5.74, 6) is 0.567. The first-order valence-electron chi connectivity index (χ1n) is 7.33. The highest BCUT2D eigenvalue weighted by molar-refractivity contribution is 5.52. The molecule has 1 aliphatic heterocycles. The molecule has 112 valence electrons. The minimum Gasteiger partial charge on any atom is -0.419 e. The first-order valence-corrected chi connectivity index (χ1v) is 7.33. The molecule has 5 nitrogen and oxygen atoms in total. The van der Waals surface area contributed by atoms with Crippen LogP contribution < -0.4 is 5.32 Å². The van der Waals surface area contributed by atoms with Crippen LogP contribution in [0.5, 0.6) is 0 Å². The number of nitrogens with zero attached hydrogens (tertiary/aromatic N) is 3. The largest absolute Gasteiger partial charge is 0.419 e. The number of aromatic nitrogens is 2. The third kappa shape index (κ3) is 3.86. The zero-order valence-electron chi connectivity index (χ0n) is 11.9. The summed E-state index contributed by atoms with van der Waals surface area (Å²) < 4.78 is 18.7. The molecular formula is C15H19FN4O. The Morgan fingerprint density at radius 1 is 1.24 bits per heavy atom. The van der Waals surface area contributed by atoms with Crippen LogP contribution >= 0.6 is 0 Å². The Bertz CT molecular complexity index is 581. The highest BCUT2D eigenvalue weighted by atomic mass is 19.1. The molecule has 0 atom stereocenters. The summed E-state index contributed by atoms with van der Waals surface area (Å²) in [4.78, 5) is 2.44. The summed E-state index contributed by atoms with van der Waals surface area (Å²) in [7, 11) is 0. The lowest BCUT2D eigenvalue weighted by Crippen LogP contribution is -2.29. The number of benzene rings is 1. The molecule has 0 aliphatic carbocycles. The van der Waals surface area contributed by atoms with E-state index in [4.69, 9.17) is 4.42 Å². The van der Waals surface area contributed by atoms with Gasteiger partial charge in [-0.1, -0.05) is 6.07 Å². The molecule has 2 aromatic rings. The summed E-state index contributed by atoms with van der Waals surface area (Å²) in [6.07, 6.45) is 2.61. The first kappa shape index (κ1) is 14.2. The van der Waals surface area contributed by atoms with Crippen LogP contribution in [0, 0.1) is 5.82 Å². The molecule has 21 heavy (non-hydrogen) atoms. The van der Waals surface area contributed by atoms with Gasteiger partial charge in [-0.05, 0) is 44.1 Å². The second-order valence-electron chi connectivity index (χ2n) is 5.24. The molecule has 1 saturated heterocycles. The fraction of sp³-hybridized carbons (Fsp3) is 0.467. The van der Waals surface area contributed by atoms with Gasteiger partial charge in [-0.2, -0.15) is 0 Å². The van der Waals surface area contributed by atoms with E-state index in [1.165, 1.54) is 38.1 Å². The van der Waals surface area contributed by atoms with Crippen molar-refractivity contribution in [2.24, 2.45) is 0 Å². The van der Waals surface area contributed by atoms with Gasteiger partial charge in [0.25, 0.3) is 0 Å². The molecule has 0 unspecified atom stereocenters. The molecule has 1 aromatic carbocycles. The van der Waals surface area contributed by atoms with Crippen LogP contribution in [-0.4, -0.2) is 41.3 Å². The SMILES string of the molecule is Fc1cccc(-c2nnc(CNCCN3CCCC3)o2)c1. The fourth-order valence-electron chi connectivity index (χ4n) is 2.50. The smallest absolute Gasteiger partial charge is 0.247 e. The molecule has 6 heteroatoms. The van der Waals surface area contributed by atoms with E-state index in [1.54, 1.807) is 12.1 Å². The highest BCUT2D eigenvalue weighted by Gasteiger charge is 2.11. The van der Waals surface area contributed by atoms with Gasteiger partial charge < -0.3 is 14.6 Å². The third-order valence-electron chi connectivity index (χ3n) is 3.62. The Balaban J connectivity index is 1.48. The summed E-state index contributed by atoms with van der Waals surface area (Å²) in [6, 6.07) is 6.16. The lowest BCUT2D eigenvalue weighted by atomic mass is 10.2. The highest BCUT2D eigenvalue weighted by Crippen LogP contribution is 2.18. The number of nitrogens with one attached hydrogen (secondary N) is 1. The molecule has 0 saturated carbocycles. The number of rotatable bonds is 6. The second-order valence-corrected chi connectivity index (χ2v) is 5.24. The van der Waals surface area contributed by atoms with E-state index in [2.05, 4.69) is 20.4 Å². The number of hydrogen-bond acceptors (Lipinski definition) is 5. The molecule has 1 aliphatic rings. The van der Waals surface area contributed by atoms with Crippen LogP contribution in [0.1, 0.15) is 18.7 Å². The van der Waals surface area contributed by atoms with Crippen LogP contribution in [0.3, 0.4) is 0 Å². The lowest BCUT2D eigenvalue weighted by molar-refractivity contribution is 0.332. The zero-order chi connectivity index (χ0) is 14.5. The van der Waals surface area contributed by atoms with Crippen LogP contribution in [0.15, 0.2) is 28.7 Å². The Labute approximate surface area is 123 Å². The maximum Gasteiger partial charge on any atom is 0.247 e. The van der Waals surface area contributed by atoms with Crippen molar-refractivity contribution in [3.8, 4) is 11.5 Å².